The van der Waals surface area contributed by atoms with Crippen molar-refractivity contribution in [2.45, 2.75) is 31.8 Å². The van der Waals surface area contributed by atoms with E-state index in [-0.39, 0.29) is 11.9 Å². The second-order valence-corrected chi connectivity index (χ2v) is 4.33. The number of hydrogen-bond donors (Lipinski definition) is 1. The van der Waals surface area contributed by atoms with Crippen molar-refractivity contribution in [2.75, 3.05) is 11.9 Å². The number of hydrogen-bond acceptors (Lipinski definition) is 2. The summed E-state index contributed by atoms with van der Waals surface area (Å²) < 4.78 is 13.1. The summed E-state index contributed by atoms with van der Waals surface area (Å²) in [7, 11) is 2.05. The number of rotatable bonds is 3. The molecule has 0 spiro atoms. The smallest absolute Gasteiger partial charge is 0.123 e. The van der Waals surface area contributed by atoms with E-state index in [4.69, 9.17) is 5.73 Å². The highest BCUT2D eigenvalue weighted by atomic mass is 19.1. The molecule has 2 nitrogen and oxygen atoms in total. The highest BCUT2D eigenvalue weighted by Gasteiger charge is 2.28. The van der Waals surface area contributed by atoms with Gasteiger partial charge >= 0.3 is 0 Å². The summed E-state index contributed by atoms with van der Waals surface area (Å²) in [5.41, 5.74) is 7.81. The van der Waals surface area contributed by atoms with Crippen LogP contribution in [0.5, 0.6) is 0 Å². The molecule has 0 amide bonds. The molecule has 0 heterocycles. The molecule has 82 valence electrons. The minimum atomic E-state index is -0.213. The van der Waals surface area contributed by atoms with Crippen LogP contribution in [0.1, 0.15) is 31.4 Å². The Morgan fingerprint density at radius 3 is 2.67 bits per heavy atom. The largest absolute Gasteiger partial charge is 0.371 e. The monoisotopic (exact) mass is 208 g/mol. The highest BCUT2D eigenvalue weighted by molar-refractivity contribution is 5.56. The fraction of sp³-hybridized carbons (Fsp3) is 0.500. The van der Waals surface area contributed by atoms with E-state index in [1.807, 2.05) is 13.0 Å². The van der Waals surface area contributed by atoms with E-state index >= 15 is 0 Å². The first kappa shape index (κ1) is 10.4. The fourth-order valence-electron chi connectivity index (χ4n) is 1.87. The molecular weight excluding hydrogens is 191 g/mol. The summed E-state index contributed by atoms with van der Waals surface area (Å²) in [6.45, 7) is 1.89. The molecule has 0 saturated heterocycles. The van der Waals surface area contributed by atoms with E-state index in [0.29, 0.717) is 6.04 Å². The van der Waals surface area contributed by atoms with Crippen LogP contribution in [0.2, 0.25) is 0 Å². The van der Waals surface area contributed by atoms with Crippen LogP contribution in [0.4, 0.5) is 10.1 Å². The third-order valence-electron chi connectivity index (χ3n) is 2.95. The van der Waals surface area contributed by atoms with Gasteiger partial charge < -0.3 is 10.6 Å². The van der Waals surface area contributed by atoms with Gasteiger partial charge in [0.05, 0.1) is 0 Å². The predicted octanol–water partition coefficient (Wildman–Crippen LogP) is 2.44. The van der Waals surface area contributed by atoms with Gasteiger partial charge in [0, 0.05) is 24.8 Å². The first-order chi connectivity index (χ1) is 7.09. The van der Waals surface area contributed by atoms with Crippen LogP contribution in [-0.4, -0.2) is 13.1 Å². The molecule has 1 aliphatic carbocycles. The van der Waals surface area contributed by atoms with Crippen molar-refractivity contribution in [3.05, 3.63) is 29.6 Å². The van der Waals surface area contributed by atoms with Crippen LogP contribution >= 0.6 is 0 Å². The zero-order valence-corrected chi connectivity index (χ0v) is 9.20. The van der Waals surface area contributed by atoms with Crippen molar-refractivity contribution in [2.24, 2.45) is 5.73 Å². The van der Waals surface area contributed by atoms with Gasteiger partial charge in [-0.2, -0.15) is 0 Å². The molecule has 0 radical (unpaired) electrons. The van der Waals surface area contributed by atoms with E-state index in [0.717, 1.165) is 11.3 Å². The van der Waals surface area contributed by atoms with Gasteiger partial charge in [-0.1, -0.05) is 0 Å². The Balaban J connectivity index is 2.35. The molecule has 1 aromatic carbocycles. The van der Waals surface area contributed by atoms with Crippen molar-refractivity contribution in [3.63, 3.8) is 0 Å². The quantitative estimate of drug-likeness (QED) is 0.826. The van der Waals surface area contributed by atoms with Crippen LogP contribution in [0.3, 0.4) is 0 Å². The Morgan fingerprint density at radius 2 is 2.13 bits per heavy atom. The number of halogens is 1. The van der Waals surface area contributed by atoms with E-state index in [1.54, 1.807) is 6.07 Å². The average Bonchev–Trinajstić information content (AvgIpc) is 2.99. The Bertz CT molecular complexity index is 359. The fourth-order valence-corrected chi connectivity index (χ4v) is 1.87. The van der Waals surface area contributed by atoms with Crippen molar-refractivity contribution in [1.29, 1.82) is 0 Å². The summed E-state index contributed by atoms with van der Waals surface area (Å²) in [6, 6.07) is 5.36. The zero-order chi connectivity index (χ0) is 11.0. The van der Waals surface area contributed by atoms with Gasteiger partial charge in [0.25, 0.3) is 0 Å². The maximum atomic E-state index is 13.1. The first-order valence-corrected chi connectivity index (χ1v) is 5.37. The minimum absolute atomic E-state index is 0.128. The van der Waals surface area contributed by atoms with Crippen molar-refractivity contribution in [1.82, 2.24) is 0 Å². The number of nitrogens with two attached hydrogens (primary N) is 1. The lowest BCUT2D eigenvalue weighted by Crippen LogP contribution is -2.22. The maximum Gasteiger partial charge on any atom is 0.123 e. The molecule has 1 atom stereocenters. The Kier molecular flexibility index (Phi) is 2.65. The van der Waals surface area contributed by atoms with Gasteiger partial charge in [0.1, 0.15) is 5.82 Å². The molecule has 1 aromatic rings. The molecule has 0 aromatic heterocycles. The van der Waals surface area contributed by atoms with E-state index < -0.39 is 0 Å². The summed E-state index contributed by atoms with van der Waals surface area (Å²) >= 11 is 0. The second-order valence-electron chi connectivity index (χ2n) is 4.33. The van der Waals surface area contributed by atoms with E-state index in [9.17, 15) is 4.39 Å². The molecule has 2 rings (SSSR count). The van der Waals surface area contributed by atoms with Crippen molar-refractivity contribution < 1.29 is 4.39 Å². The molecule has 0 bridgehead atoms. The minimum Gasteiger partial charge on any atom is -0.371 e. The van der Waals surface area contributed by atoms with Crippen LogP contribution in [-0.2, 0) is 0 Å². The third-order valence-corrected chi connectivity index (χ3v) is 2.95. The van der Waals surface area contributed by atoms with Gasteiger partial charge in [0.15, 0.2) is 0 Å². The van der Waals surface area contributed by atoms with Crippen molar-refractivity contribution >= 4 is 5.69 Å². The van der Waals surface area contributed by atoms with Gasteiger partial charge in [-0.3, -0.25) is 0 Å². The zero-order valence-electron chi connectivity index (χ0n) is 9.20. The van der Waals surface area contributed by atoms with Gasteiger partial charge in [-0.25, -0.2) is 4.39 Å². The lowest BCUT2D eigenvalue weighted by atomic mass is 10.1. The van der Waals surface area contributed by atoms with Crippen LogP contribution in [0.25, 0.3) is 0 Å². The standard InChI is InChI=1S/C12H17FN2/c1-8(14)11-7-9(13)3-6-12(11)15(2)10-4-5-10/h3,6-8,10H,4-5,14H2,1-2H3/t8-/m0/s1. The lowest BCUT2D eigenvalue weighted by Gasteiger charge is -2.23. The summed E-state index contributed by atoms with van der Waals surface area (Å²) in [5, 5.41) is 0. The SMILES string of the molecule is C[C@H](N)c1cc(F)ccc1N(C)C1CC1. The second kappa shape index (κ2) is 3.81. The van der Waals surface area contributed by atoms with Gasteiger partial charge in [-0.05, 0) is 43.5 Å². The first-order valence-electron chi connectivity index (χ1n) is 5.37. The summed E-state index contributed by atoms with van der Waals surface area (Å²) in [6.07, 6.45) is 2.46. The van der Waals surface area contributed by atoms with E-state index in [2.05, 4.69) is 11.9 Å². The average molecular weight is 208 g/mol. The highest BCUT2D eigenvalue weighted by Crippen LogP contribution is 2.34. The van der Waals surface area contributed by atoms with Gasteiger partial charge in [-0.15, -0.1) is 0 Å². The molecular formula is C12H17FN2. The van der Waals surface area contributed by atoms with Gasteiger partial charge in [0.2, 0.25) is 0 Å². The molecule has 0 unspecified atom stereocenters. The third kappa shape index (κ3) is 2.12. The van der Waals surface area contributed by atoms with E-state index in [1.165, 1.54) is 18.9 Å². The lowest BCUT2D eigenvalue weighted by molar-refractivity contribution is 0.621. The molecule has 3 heteroatoms. The maximum absolute atomic E-state index is 13.1. The molecule has 15 heavy (non-hydrogen) atoms. The van der Waals surface area contributed by atoms with Crippen LogP contribution in [0.15, 0.2) is 18.2 Å². The number of benzene rings is 1. The summed E-state index contributed by atoms with van der Waals surface area (Å²) in [4.78, 5) is 2.21. The molecule has 1 fully saturated rings. The molecule has 0 aliphatic heterocycles. The molecule has 1 saturated carbocycles. The Labute approximate surface area is 89.9 Å². The van der Waals surface area contributed by atoms with Crippen molar-refractivity contribution in [3.8, 4) is 0 Å². The number of nitrogens with zero attached hydrogens (tertiary/aromatic N) is 1. The predicted molar refractivity (Wildman–Crippen MR) is 60.4 cm³/mol. The Morgan fingerprint density at radius 1 is 1.47 bits per heavy atom. The Hall–Kier alpha value is -1.09. The van der Waals surface area contributed by atoms with Crippen LogP contribution < -0.4 is 10.6 Å². The van der Waals surface area contributed by atoms with Crippen LogP contribution in [0, 0.1) is 5.82 Å². The molecule has 2 N–H and O–H groups in total. The number of anilines is 1. The summed E-state index contributed by atoms with van der Waals surface area (Å²) in [5.74, 6) is -0.213. The topological polar surface area (TPSA) is 29.3 Å². The molecule has 1 aliphatic rings. The normalized spacial score (nSPS) is 17.6.